The minimum atomic E-state index is -3.65. The topological polar surface area (TPSA) is 84.3 Å². The summed E-state index contributed by atoms with van der Waals surface area (Å²) < 4.78 is 23.6. The first kappa shape index (κ1) is 12.7. The van der Waals surface area contributed by atoms with Crippen molar-refractivity contribution in [3.05, 3.63) is 35.3 Å². The van der Waals surface area contributed by atoms with Gasteiger partial charge in [-0.05, 0) is 6.07 Å². The van der Waals surface area contributed by atoms with Gasteiger partial charge in [0.05, 0.1) is 10.5 Å². The second kappa shape index (κ2) is 4.51. The van der Waals surface area contributed by atoms with Crippen LogP contribution in [0, 0.1) is 0 Å². The predicted octanol–water partition coefficient (Wildman–Crippen LogP) is 1.91. The Labute approximate surface area is 108 Å². The third-order valence-electron chi connectivity index (χ3n) is 2.28. The molecule has 1 aromatic heterocycles. The maximum absolute atomic E-state index is 11.8. The molecular formula is C11H9NO4S2. The van der Waals surface area contributed by atoms with Gasteiger partial charge in [-0.2, -0.15) is 0 Å². The van der Waals surface area contributed by atoms with Gasteiger partial charge in [-0.15, -0.1) is 11.3 Å². The summed E-state index contributed by atoms with van der Waals surface area (Å²) in [6.45, 7) is 0. The summed E-state index contributed by atoms with van der Waals surface area (Å²) >= 11 is 1.26. The quantitative estimate of drug-likeness (QED) is 0.930. The molecule has 0 saturated heterocycles. The van der Waals surface area contributed by atoms with Gasteiger partial charge in [-0.1, -0.05) is 12.1 Å². The number of carboxylic acids is 1. The molecule has 0 spiro atoms. The first-order chi connectivity index (χ1) is 8.41. The Bertz CT molecular complexity index is 690. The molecule has 5 nitrogen and oxygen atoms in total. The smallest absolute Gasteiger partial charge is 0.337 e. The molecule has 18 heavy (non-hydrogen) atoms. The molecule has 7 heteroatoms. The highest BCUT2D eigenvalue weighted by atomic mass is 32.2. The number of benzene rings is 1. The number of aromatic nitrogens is 1. The fraction of sp³-hybridized carbons (Fsp3) is 0.0909. The van der Waals surface area contributed by atoms with E-state index in [0.29, 0.717) is 10.6 Å². The average Bonchev–Trinajstić information content (AvgIpc) is 2.80. The molecule has 94 valence electrons. The maximum Gasteiger partial charge on any atom is 0.337 e. The van der Waals surface area contributed by atoms with Gasteiger partial charge >= 0.3 is 5.97 Å². The van der Waals surface area contributed by atoms with E-state index in [4.69, 9.17) is 5.11 Å². The van der Waals surface area contributed by atoms with Crippen LogP contribution >= 0.6 is 11.3 Å². The van der Waals surface area contributed by atoms with Crippen LogP contribution in [0.5, 0.6) is 0 Å². The van der Waals surface area contributed by atoms with Crippen molar-refractivity contribution in [1.82, 2.24) is 4.98 Å². The SMILES string of the molecule is CS(=O)(=O)c1c(C(=O)O)cccc1-c1nccs1. The van der Waals surface area contributed by atoms with Gasteiger partial charge in [0.25, 0.3) is 0 Å². The van der Waals surface area contributed by atoms with Crippen LogP contribution in [-0.2, 0) is 9.84 Å². The van der Waals surface area contributed by atoms with Crippen LogP contribution in [0.1, 0.15) is 10.4 Å². The summed E-state index contributed by atoms with van der Waals surface area (Å²) in [5, 5.41) is 11.3. The molecule has 1 heterocycles. The highest BCUT2D eigenvalue weighted by Gasteiger charge is 2.23. The zero-order valence-corrected chi connectivity index (χ0v) is 11.0. The third-order valence-corrected chi connectivity index (χ3v) is 4.27. The monoisotopic (exact) mass is 283 g/mol. The van der Waals surface area contributed by atoms with Crippen LogP contribution in [0.15, 0.2) is 34.7 Å². The minimum absolute atomic E-state index is 0.188. The molecule has 0 aliphatic heterocycles. The normalized spacial score (nSPS) is 11.4. The number of hydrogen-bond donors (Lipinski definition) is 1. The van der Waals surface area contributed by atoms with Gasteiger partial charge in [-0.25, -0.2) is 18.2 Å². The average molecular weight is 283 g/mol. The van der Waals surface area contributed by atoms with Crippen LogP contribution in [0.2, 0.25) is 0 Å². The van der Waals surface area contributed by atoms with E-state index in [-0.39, 0.29) is 10.5 Å². The van der Waals surface area contributed by atoms with Crippen molar-refractivity contribution < 1.29 is 18.3 Å². The van der Waals surface area contributed by atoms with E-state index in [1.54, 1.807) is 17.6 Å². The van der Waals surface area contributed by atoms with E-state index in [9.17, 15) is 13.2 Å². The Kier molecular flexibility index (Phi) is 3.18. The van der Waals surface area contributed by atoms with E-state index in [1.807, 2.05) is 0 Å². The number of rotatable bonds is 3. The van der Waals surface area contributed by atoms with Gasteiger partial charge in [0.15, 0.2) is 9.84 Å². The molecule has 0 aliphatic carbocycles. The number of carbonyl (C=O) groups is 1. The number of nitrogens with zero attached hydrogens (tertiary/aromatic N) is 1. The molecule has 1 N–H and O–H groups in total. The summed E-state index contributed by atoms with van der Waals surface area (Å²) in [7, 11) is -3.65. The molecule has 0 saturated carbocycles. The van der Waals surface area contributed by atoms with Gasteiger partial charge < -0.3 is 5.11 Å². The number of hydrogen-bond acceptors (Lipinski definition) is 5. The minimum Gasteiger partial charge on any atom is -0.478 e. The van der Waals surface area contributed by atoms with E-state index >= 15 is 0 Å². The van der Waals surface area contributed by atoms with Crippen LogP contribution in [0.25, 0.3) is 10.6 Å². The van der Waals surface area contributed by atoms with E-state index in [0.717, 1.165) is 6.26 Å². The number of carboxylic acid groups (broad SMARTS) is 1. The Balaban J connectivity index is 2.83. The zero-order valence-electron chi connectivity index (χ0n) is 9.32. The van der Waals surface area contributed by atoms with Gasteiger partial charge in [0.2, 0.25) is 0 Å². The summed E-state index contributed by atoms with van der Waals surface area (Å²) in [6.07, 6.45) is 2.53. The molecule has 0 bridgehead atoms. The van der Waals surface area contributed by atoms with Crippen molar-refractivity contribution in [2.45, 2.75) is 4.90 Å². The van der Waals surface area contributed by atoms with Gasteiger partial charge in [0.1, 0.15) is 5.01 Å². The molecule has 0 aliphatic rings. The standard InChI is InChI=1S/C11H9NO4S2/c1-18(15,16)9-7(10-12-5-6-17-10)3-2-4-8(9)11(13)14/h2-6H,1H3,(H,13,14). The fourth-order valence-corrected chi connectivity index (χ4v) is 3.48. The third kappa shape index (κ3) is 2.27. The molecule has 0 atom stereocenters. The van der Waals surface area contributed by atoms with Gasteiger partial charge in [0, 0.05) is 23.4 Å². The largest absolute Gasteiger partial charge is 0.478 e. The molecule has 0 fully saturated rings. The van der Waals surface area contributed by atoms with E-state index in [1.165, 1.54) is 23.5 Å². The highest BCUT2D eigenvalue weighted by Crippen LogP contribution is 2.31. The van der Waals surface area contributed by atoms with Crippen LogP contribution in [0.4, 0.5) is 0 Å². The van der Waals surface area contributed by atoms with Crippen molar-refractivity contribution in [1.29, 1.82) is 0 Å². The molecule has 1 aromatic carbocycles. The Morgan fingerprint density at radius 1 is 1.39 bits per heavy atom. The predicted molar refractivity (Wildman–Crippen MR) is 67.6 cm³/mol. The first-order valence-corrected chi connectivity index (χ1v) is 7.64. The summed E-state index contributed by atoms with van der Waals surface area (Å²) in [5.41, 5.74) is 0.0950. The van der Waals surface area contributed by atoms with Crippen LogP contribution in [-0.4, -0.2) is 30.7 Å². The number of thiazole rings is 1. The summed E-state index contributed by atoms with van der Waals surface area (Å²) in [5.74, 6) is -1.27. The number of sulfone groups is 1. The lowest BCUT2D eigenvalue weighted by atomic mass is 10.1. The molecule has 0 amide bonds. The first-order valence-electron chi connectivity index (χ1n) is 4.87. The van der Waals surface area contributed by atoms with Crippen molar-refractivity contribution >= 4 is 27.1 Å². The maximum atomic E-state index is 11.8. The Hall–Kier alpha value is -1.73. The second-order valence-corrected chi connectivity index (χ2v) is 6.44. The Morgan fingerprint density at radius 3 is 2.61 bits per heavy atom. The van der Waals surface area contributed by atoms with Crippen molar-refractivity contribution in [3.63, 3.8) is 0 Å². The number of aromatic carboxylic acids is 1. The van der Waals surface area contributed by atoms with E-state index < -0.39 is 15.8 Å². The molecule has 2 rings (SSSR count). The molecule has 0 radical (unpaired) electrons. The van der Waals surface area contributed by atoms with Crippen molar-refractivity contribution in [2.75, 3.05) is 6.26 Å². The van der Waals surface area contributed by atoms with Crippen molar-refractivity contribution in [2.24, 2.45) is 0 Å². The lowest BCUT2D eigenvalue weighted by Crippen LogP contribution is -2.09. The Morgan fingerprint density at radius 2 is 2.11 bits per heavy atom. The second-order valence-electron chi connectivity index (χ2n) is 3.60. The van der Waals surface area contributed by atoms with E-state index in [2.05, 4.69) is 4.98 Å². The lowest BCUT2D eigenvalue weighted by Gasteiger charge is -2.08. The molecule has 0 unspecified atom stereocenters. The molecule has 2 aromatic rings. The van der Waals surface area contributed by atoms with Crippen LogP contribution < -0.4 is 0 Å². The summed E-state index contributed by atoms with van der Waals surface area (Å²) in [4.78, 5) is 14.9. The fourth-order valence-electron chi connectivity index (χ4n) is 1.63. The molecular weight excluding hydrogens is 274 g/mol. The zero-order chi connectivity index (χ0) is 13.3. The summed E-state index contributed by atoms with van der Waals surface area (Å²) in [6, 6.07) is 4.34. The van der Waals surface area contributed by atoms with Crippen LogP contribution in [0.3, 0.4) is 0 Å². The lowest BCUT2D eigenvalue weighted by molar-refractivity contribution is 0.0693. The van der Waals surface area contributed by atoms with Crippen molar-refractivity contribution in [3.8, 4) is 10.6 Å². The highest BCUT2D eigenvalue weighted by molar-refractivity contribution is 7.91. The van der Waals surface area contributed by atoms with Gasteiger partial charge in [-0.3, -0.25) is 0 Å².